The molecule has 0 saturated carbocycles. The molecular weight excluding hydrogens is 527 g/mol. The predicted octanol–water partition coefficient (Wildman–Crippen LogP) is 7.03. The highest BCUT2D eigenvalue weighted by Gasteiger charge is 2.35. The number of fused-ring (bicyclic) bond motifs is 2. The number of hydrogen-bond acceptors (Lipinski definition) is 6. The van der Waals surface area contributed by atoms with Crippen LogP contribution in [0.15, 0.2) is 65.6 Å². The Morgan fingerprint density at radius 1 is 1.15 bits per heavy atom. The van der Waals surface area contributed by atoms with Gasteiger partial charge in [-0.1, -0.05) is 48.5 Å². The zero-order chi connectivity index (χ0) is 28.4. The Bertz CT molecular complexity index is 1390. The van der Waals surface area contributed by atoms with Gasteiger partial charge in [0.15, 0.2) is 12.5 Å². The number of anilines is 1. The van der Waals surface area contributed by atoms with Crippen molar-refractivity contribution in [2.75, 3.05) is 11.4 Å². The Morgan fingerprint density at radius 3 is 2.65 bits per heavy atom. The number of nitrogens with zero attached hydrogens (tertiary/aromatic N) is 2. The van der Waals surface area contributed by atoms with Gasteiger partial charge in [-0.15, -0.1) is 11.8 Å². The number of aldehydes is 1. The molecule has 210 valence electrons. The molecule has 0 radical (unpaired) electrons. The third-order valence-corrected chi connectivity index (χ3v) is 8.38. The second kappa shape index (κ2) is 11.6. The van der Waals surface area contributed by atoms with E-state index < -0.39 is 11.8 Å². The maximum absolute atomic E-state index is 15.5. The van der Waals surface area contributed by atoms with E-state index >= 15 is 4.39 Å². The summed E-state index contributed by atoms with van der Waals surface area (Å²) < 4.78 is 27.1. The fraction of sp³-hybridized carbons (Fsp3) is 0.375. The lowest BCUT2D eigenvalue weighted by Crippen LogP contribution is -2.45. The van der Waals surface area contributed by atoms with Crippen molar-refractivity contribution in [2.24, 2.45) is 0 Å². The zero-order valence-corrected chi connectivity index (χ0v) is 24.2. The average Bonchev–Trinajstić information content (AvgIpc) is 2.94. The predicted molar refractivity (Wildman–Crippen MR) is 155 cm³/mol. The third-order valence-electron chi connectivity index (χ3n) is 7.28. The molecule has 6 nitrogen and oxygen atoms in total. The van der Waals surface area contributed by atoms with Crippen molar-refractivity contribution in [2.45, 2.75) is 75.8 Å². The first-order chi connectivity index (χ1) is 19.1. The van der Waals surface area contributed by atoms with E-state index in [4.69, 9.17) is 9.47 Å². The first-order valence-corrected chi connectivity index (χ1v) is 14.6. The molecule has 0 saturated heterocycles. The summed E-state index contributed by atoms with van der Waals surface area (Å²) in [7, 11) is 0. The van der Waals surface area contributed by atoms with E-state index in [2.05, 4.69) is 6.07 Å². The van der Waals surface area contributed by atoms with Gasteiger partial charge in [0.25, 0.3) is 0 Å². The van der Waals surface area contributed by atoms with Crippen molar-refractivity contribution in [3.05, 3.63) is 94.3 Å². The molecule has 3 aromatic carbocycles. The minimum absolute atomic E-state index is 0.223. The highest BCUT2D eigenvalue weighted by atomic mass is 32.2. The first kappa shape index (κ1) is 28.2. The van der Waals surface area contributed by atoms with Crippen molar-refractivity contribution in [1.82, 2.24) is 4.90 Å². The van der Waals surface area contributed by atoms with Crippen molar-refractivity contribution < 1.29 is 23.5 Å². The van der Waals surface area contributed by atoms with Crippen LogP contribution in [0.1, 0.15) is 61.6 Å². The van der Waals surface area contributed by atoms with E-state index in [1.165, 1.54) is 17.8 Å². The van der Waals surface area contributed by atoms with Crippen LogP contribution in [0.2, 0.25) is 0 Å². The molecule has 0 bridgehead atoms. The van der Waals surface area contributed by atoms with E-state index in [1.54, 1.807) is 4.90 Å². The molecule has 0 aliphatic carbocycles. The Labute approximate surface area is 239 Å². The van der Waals surface area contributed by atoms with Crippen LogP contribution in [0.25, 0.3) is 0 Å². The second-order valence-electron chi connectivity index (χ2n) is 11.2. The largest absolute Gasteiger partial charge is 0.444 e. The summed E-state index contributed by atoms with van der Waals surface area (Å²) in [5.41, 5.74) is 5.17. The van der Waals surface area contributed by atoms with Gasteiger partial charge in [-0.05, 0) is 68.5 Å². The molecule has 2 unspecified atom stereocenters. The Hall–Kier alpha value is -3.36. The summed E-state index contributed by atoms with van der Waals surface area (Å²) >= 11 is 1.44. The van der Waals surface area contributed by atoms with Crippen LogP contribution in [0.5, 0.6) is 0 Å². The highest BCUT2D eigenvalue weighted by Crippen LogP contribution is 2.41. The van der Waals surface area contributed by atoms with Gasteiger partial charge in [-0.3, -0.25) is 4.79 Å². The number of rotatable bonds is 6. The van der Waals surface area contributed by atoms with Gasteiger partial charge in [0, 0.05) is 35.0 Å². The highest BCUT2D eigenvalue weighted by molar-refractivity contribution is 7.98. The van der Waals surface area contributed by atoms with Crippen molar-refractivity contribution >= 4 is 29.8 Å². The van der Waals surface area contributed by atoms with Crippen molar-refractivity contribution in [3.8, 4) is 0 Å². The second-order valence-corrected chi connectivity index (χ2v) is 12.3. The number of amides is 1. The van der Waals surface area contributed by atoms with Gasteiger partial charge in [0.1, 0.15) is 11.4 Å². The number of thioether (sulfide) groups is 1. The lowest BCUT2D eigenvalue weighted by atomic mass is 9.90. The first-order valence-electron chi connectivity index (χ1n) is 13.6. The van der Waals surface area contributed by atoms with E-state index in [0.29, 0.717) is 35.8 Å². The summed E-state index contributed by atoms with van der Waals surface area (Å²) in [5, 5.41) is 0. The zero-order valence-electron chi connectivity index (χ0n) is 23.4. The number of carbonyl (C=O) groups is 2. The Kier molecular flexibility index (Phi) is 8.19. The van der Waals surface area contributed by atoms with Crippen LogP contribution >= 0.6 is 11.8 Å². The third kappa shape index (κ3) is 6.03. The molecule has 2 aliphatic heterocycles. The molecule has 3 aromatic rings. The standard InChI is InChI=1S/C32H35FN2O4S/c1-21(25-12-8-11-23-13-14-34(17-26(23)25)31(37)39-32(2,3)4)35-28-16-27(33)29(15-24(28)19-38-30(35)18-36)40-20-22-9-6-5-7-10-22/h5-12,15-16,18,21,30H,13-14,17,19-20H2,1-4H3. The smallest absolute Gasteiger partial charge is 0.410 e. The lowest BCUT2D eigenvalue weighted by Gasteiger charge is -2.42. The van der Waals surface area contributed by atoms with E-state index in [9.17, 15) is 9.59 Å². The number of halogens is 1. The van der Waals surface area contributed by atoms with Crippen LogP contribution in [0.4, 0.5) is 14.9 Å². The minimum atomic E-state index is -0.855. The van der Waals surface area contributed by atoms with Crippen LogP contribution < -0.4 is 4.90 Å². The van der Waals surface area contributed by atoms with Gasteiger partial charge in [-0.2, -0.15) is 0 Å². The molecule has 1 amide bonds. The van der Waals surface area contributed by atoms with E-state index in [-0.39, 0.29) is 24.6 Å². The topological polar surface area (TPSA) is 59.1 Å². The van der Waals surface area contributed by atoms with Crippen molar-refractivity contribution in [1.29, 1.82) is 0 Å². The quantitative estimate of drug-likeness (QED) is 0.237. The fourth-order valence-electron chi connectivity index (χ4n) is 5.34. The molecular formula is C32H35FN2O4S. The fourth-order valence-corrected chi connectivity index (χ4v) is 6.28. The van der Waals surface area contributed by atoms with Gasteiger partial charge in [-0.25, -0.2) is 9.18 Å². The molecule has 40 heavy (non-hydrogen) atoms. The van der Waals surface area contributed by atoms with Gasteiger partial charge < -0.3 is 19.3 Å². The van der Waals surface area contributed by atoms with Crippen molar-refractivity contribution in [3.63, 3.8) is 0 Å². The Morgan fingerprint density at radius 2 is 1.93 bits per heavy atom. The summed E-state index contributed by atoms with van der Waals surface area (Å²) in [6.07, 6.45) is 0.264. The molecule has 2 heterocycles. The SMILES string of the molecule is CC(c1cccc2c1CN(C(=O)OC(C)(C)C)CC2)N1c2cc(F)c(SCc3ccccc3)cc2COC1C=O. The van der Waals surface area contributed by atoms with E-state index in [1.807, 2.05) is 81.1 Å². The Balaban J connectivity index is 1.44. The number of benzene rings is 3. The minimum Gasteiger partial charge on any atom is -0.444 e. The molecule has 5 rings (SSSR count). The van der Waals surface area contributed by atoms with Crippen LogP contribution in [-0.4, -0.2) is 35.7 Å². The lowest BCUT2D eigenvalue weighted by molar-refractivity contribution is -0.120. The van der Waals surface area contributed by atoms with Crippen LogP contribution in [0.3, 0.4) is 0 Å². The normalized spacial score (nSPS) is 17.6. The van der Waals surface area contributed by atoms with Crippen LogP contribution in [-0.2, 0) is 39.6 Å². The molecule has 0 fully saturated rings. The van der Waals surface area contributed by atoms with Crippen LogP contribution in [0, 0.1) is 5.82 Å². The number of hydrogen-bond donors (Lipinski definition) is 0. The summed E-state index contributed by atoms with van der Waals surface area (Å²) in [6.45, 7) is 8.76. The number of carbonyl (C=O) groups excluding carboxylic acids is 2. The average molecular weight is 563 g/mol. The molecule has 2 aliphatic rings. The van der Waals surface area contributed by atoms with Gasteiger partial charge >= 0.3 is 6.09 Å². The van der Waals surface area contributed by atoms with E-state index in [0.717, 1.165) is 34.1 Å². The molecule has 0 aromatic heterocycles. The van der Waals surface area contributed by atoms with Gasteiger partial charge in [0.2, 0.25) is 0 Å². The molecule has 2 atom stereocenters. The molecule has 8 heteroatoms. The maximum atomic E-state index is 15.5. The maximum Gasteiger partial charge on any atom is 0.410 e. The number of ether oxygens (including phenoxy) is 2. The van der Waals surface area contributed by atoms with Gasteiger partial charge in [0.05, 0.1) is 12.6 Å². The monoisotopic (exact) mass is 562 g/mol. The summed E-state index contributed by atoms with van der Waals surface area (Å²) in [5.74, 6) is 0.327. The molecule has 0 N–H and O–H groups in total. The summed E-state index contributed by atoms with van der Waals surface area (Å²) in [4.78, 5) is 29.1. The molecule has 0 spiro atoms. The summed E-state index contributed by atoms with van der Waals surface area (Å²) in [6, 6.07) is 19.1.